The van der Waals surface area contributed by atoms with Gasteiger partial charge in [0.05, 0.1) is 18.8 Å². The van der Waals surface area contributed by atoms with Gasteiger partial charge in [-0.2, -0.15) is 0 Å². The Morgan fingerprint density at radius 3 is 3.06 bits per heavy atom. The van der Waals surface area contributed by atoms with Crippen LogP contribution in [0.4, 0.5) is 0 Å². The summed E-state index contributed by atoms with van der Waals surface area (Å²) < 4.78 is 11.2. The van der Waals surface area contributed by atoms with Crippen molar-refractivity contribution in [1.29, 1.82) is 0 Å². The van der Waals surface area contributed by atoms with Crippen LogP contribution < -0.4 is 5.32 Å². The molecule has 2 fully saturated rings. The molecule has 1 aromatic heterocycles. The first-order chi connectivity index (χ1) is 7.90. The second kappa shape index (κ2) is 4.55. The number of ether oxygens (including phenoxy) is 1. The van der Waals surface area contributed by atoms with Crippen LogP contribution in [0.1, 0.15) is 37.3 Å². The van der Waals surface area contributed by atoms with E-state index in [9.17, 15) is 0 Å². The maximum absolute atomic E-state index is 5.67. The first kappa shape index (κ1) is 10.3. The van der Waals surface area contributed by atoms with Crippen LogP contribution in [0.3, 0.4) is 0 Å². The van der Waals surface area contributed by atoms with Gasteiger partial charge in [0.25, 0.3) is 0 Å². The summed E-state index contributed by atoms with van der Waals surface area (Å²) in [5.41, 5.74) is 0. The minimum absolute atomic E-state index is 0.345. The molecular weight excluding hydrogens is 204 g/mol. The molecular formula is C12H18N2O2. The molecule has 0 radical (unpaired) electrons. The minimum atomic E-state index is 0.345. The highest BCUT2D eigenvalue weighted by molar-refractivity contribution is 4.97. The maximum Gasteiger partial charge on any atom is 0.208 e. The van der Waals surface area contributed by atoms with E-state index in [4.69, 9.17) is 9.15 Å². The van der Waals surface area contributed by atoms with Crippen molar-refractivity contribution in [1.82, 2.24) is 10.3 Å². The highest BCUT2D eigenvalue weighted by atomic mass is 16.5. The Morgan fingerprint density at radius 1 is 1.38 bits per heavy atom. The minimum Gasteiger partial charge on any atom is -0.444 e. The molecule has 0 spiro atoms. The predicted molar refractivity (Wildman–Crippen MR) is 59.0 cm³/mol. The van der Waals surface area contributed by atoms with E-state index in [0.717, 1.165) is 37.6 Å². The molecule has 1 saturated carbocycles. The van der Waals surface area contributed by atoms with Crippen molar-refractivity contribution in [3.05, 3.63) is 17.8 Å². The number of rotatable bonds is 5. The van der Waals surface area contributed by atoms with E-state index in [1.54, 1.807) is 0 Å². The van der Waals surface area contributed by atoms with E-state index in [1.807, 2.05) is 6.20 Å². The van der Waals surface area contributed by atoms with E-state index in [-0.39, 0.29) is 0 Å². The molecule has 16 heavy (non-hydrogen) atoms. The fraction of sp³-hybridized carbons (Fsp3) is 0.750. The molecule has 3 rings (SSSR count). The quantitative estimate of drug-likeness (QED) is 0.823. The first-order valence-corrected chi connectivity index (χ1v) is 6.19. The van der Waals surface area contributed by atoms with Gasteiger partial charge in [0.2, 0.25) is 5.89 Å². The Bertz CT molecular complexity index is 341. The van der Waals surface area contributed by atoms with Crippen LogP contribution in [-0.2, 0) is 17.7 Å². The van der Waals surface area contributed by atoms with Gasteiger partial charge in [-0.25, -0.2) is 4.98 Å². The third-order valence-corrected chi connectivity index (χ3v) is 3.17. The van der Waals surface area contributed by atoms with Crippen molar-refractivity contribution in [2.75, 3.05) is 6.61 Å². The summed E-state index contributed by atoms with van der Waals surface area (Å²) in [6.45, 7) is 1.66. The molecule has 0 aromatic carbocycles. The number of hydrogen-bond donors (Lipinski definition) is 1. The van der Waals surface area contributed by atoms with Crippen LogP contribution in [0.2, 0.25) is 0 Å². The number of nitrogens with one attached hydrogen (secondary N) is 1. The molecule has 0 bridgehead atoms. The van der Waals surface area contributed by atoms with Crippen molar-refractivity contribution in [3.8, 4) is 0 Å². The number of hydrogen-bond acceptors (Lipinski definition) is 4. The van der Waals surface area contributed by atoms with Crippen molar-refractivity contribution >= 4 is 0 Å². The van der Waals surface area contributed by atoms with Crippen LogP contribution in [0.25, 0.3) is 0 Å². The molecule has 0 amide bonds. The molecule has 4 heteroatoms. The molecule has 2 aliphatic rings. The first-order valence-electron chi connectivity index (χ1n) is 6.19. The molecule has 1 atom stereocenters. The summed E-state index contributed by atoms with van der Waals surface area (Å²) >= 11 is 0. The number of aromatic nitrogens is 1. The van der Waals surface area contributed by atoms with E-state index in [2.05, 4.69) is 10.3 Å². The lowest BCUT2D eigenvalue weighted by Gasteiger charge is -2.05. The Balaban J connectivity index is 1.50. The largest absolute Gasteiger partial charge is 0.444 e. The van der Waals surface area contributed by atoms with Crippen molar-refractivity contribution in [2.45, 2.75) is 50.8 Å². The fourth-order valence-electron chi connectivity index (χ4n) is 2.07. The smallest absolute Gasteiger partial charge is 0.208 e. The van der Waals surface area contributed by atoms with E-state index < -0.39 is 0 Å². The molecule has 1 aliphatic heterocycles. The zero-order valence-corrected chi connectivity index (χ0v) is 9.45. The molecule has 2 heterocycles. The fourth-order valence-corrected chi connectivity index (χ4v) is 2.07. The SMILES string of the molecule is c1nc(CNC2CC2)oc1CC1CCCO1. The number of nitrogens with zero attached hydrogens (tertiary/aromatic N) is 1. The maximum atomic E-state index is 5.67. The van der Waals surface area contributed by atoms with Crippen LogP contribution in [0.5, 0.6) is 0 Å². The zero-order valence-electron chi connectivity index (χ0n) is 9.45. The van der Waals surface area contributed by atoms with E-state index in [1.165, 1.54) is 19.3 Å². The van der Waals surface area contributed by atoms with Gasteiger partial charge in [-0.1, -0.05) is 0 Å². The summed E-state index contributed by atoms with van der Waals surface area (Å²) in [6.07, 6.45) is 7.97. The lowest BCUT2D eigenvalue weighted by atomic mass is 10.1. The topological polar surface area (TPSA) is 47.3 Å². The Kier molecular flexibility index (Phi) is 2.93. The van der Waals surface area contributed by atoms with Gasteiger partial charge in [-0.3, -0.25) is 0 Å². The van der Waals surface area contributed by atoms with Crippen molar-refractivity contribution < 1.29 is 9.15 Å². The summed E-state index contributed by atoms with van der Waals surface area (Å²) in [5.74, 6) is 1.76. The van der Waals surface area contributed by atoms with Gasteiger partial charge in [0, 0.05) is 19.1 Å². The van der Waals surface area contributed by atoms with Gasteiger partial charge >= 0.3 is 0 Å². The second-order valence-electron chi connectivity index (χ2n) is 4.71. The number of oxazole rings is 1. The van der Waals surface area contributed by atoms with E-state index in [0.29, 0.717) is 12.1 Å². The van der Waals surface area contributed by atoms with Gasteiger partial charge in [0.15, 0.2) is 0 Å². The van der Waals surface area contributed by atoms with Gasteiger partial charge in [-0.05, 0) is 25.7 Å². The van der Waals surface area contributed by atoms with Gasteiger partial charge in [-0.15, -0.1) is 0 Å². The van der Waals surface area contributed by atoms with Crippen LogP contribution >= 0.6 is 0 Å². The highest BCUT2D eigenvalue weighted by Gasteiger charge is 2.21. The second-order valence-corrected chi connectivity index (χ2v) is 4.71. The molecule has 1 N–H and O–H groups in total. The average molecular weight is 222 g/mol. The Morgan fingerprint density at radius 2 is 2.31 bits per heavy atom. The summed E-state index contributed by atoms with van der Waals surface area (Å²) in [5, 5.41) is 3.39. The summed E-state index contributed by atoms with van der Waals surface area (Å²) in [4.78, 5) is 4.27. The van der Waals surface area contributed by atoms with Crippen molar-refractivity contribution in [3.63, 3.8) is 0 Å². The Hall–Kier alpha value is -0.870. The third-order valence-electron chi connectivity index (χ3n) is 3.17. The third kappa shape index (κ3) is 2.62. The van der Waals surface area contributed by atoms with Crippen LogP contribution in [0, 0.1) is 0 Å². The van der Waals surface area contributed by atoms with Crippen LogP contribution in [0.15, 0.2) is 10.6 Å². The average Bonchev–Trinajstić information content (AvgIpc) is 2.78. The van der Waals surface area contributed by atoms with Gasteiger partial charge in [0.1, 0.15) is 5.76 Å². The standard InChI is InChI=1S/C12H18N2O2/c1-2-10(15-5-1)6-11-7-14-12(16-11)8-13-9-3-4-9/h7,9-10,13H,1-6,8H2. The highest BCUT2D eigenvalue weighted by Crippen LogP contribution is 2.20. The molecule has 1 aliphatic carbocycles. The molecule has 88 valence electrons. The Labute approximate surface area is 95.4 Å². The molecule has 1 unspecified atom stereocenters. The molecule has 4 nitrogen and oxygen atoms in total. The lowest BCUT2D eigenvalue weighted by molar-refractivity contribution is 0.106. The van der Waals surface area contributed by atoms with Crippen molar-refractivity contribution in [2.24, 2.45) is 0 Å². The van der Waals surface area contributed by atoms with E-state index >= 15 is 0 Å². The monoisotopic (exact) mass is 222 g/mol. The molecule has 1 aromatic rings. The predicted octanol–water partition coefficient (Wildman–Crippen LogP) is 1.65. The normalized spacial score (nSPS) is 25.1. The molecule has 1 saturated heterocycles. The van der Waals surface area contributed by atoms with Crippen LogP contribution in [-0.4, -0.2) is 23.7 Å². The summed E-state index contributed by atoms with van der Waals surface area (Å²) in [6, 6.07) is 0.702. The zero-order chi connectivity index (χ0) is 10.8. The summed E-state index contributed by atoms with van der Waals surface area (Å²) in [7, 11) is 0. The van der Waals surface area contributed by atoms with Gasteiger partial charge < -0.3 is 14.5 Å². The lowest BCUT2D eigenvalue weighted by Crippen LogP contribution is -2.15.